The van der Waals surface area contributed by atoms with Gasteiger partial charge in [-0.2, -0.15) is 0 Å². The Kier molecular flexibility index (Phi) is 3.53. The fourth-order valence-corrected chi connectivity index (χ4v) is 1.60. The zero-order valence-electron chi connectivity index (χ0n) is 11.0. The minimum absolute atomic E-state index is 0.0321. The van der Waals surface area contributed by atoms with Crippen LogP contribution >= 0.6 is 0 Å². The van der Waals surface area contributed by atoms with Crippen LogP contribution in [0.2, 0.25) is 0 Å². The van der Waals surface area contributed by atoms with E-state index in [1.165, 1.54) is 0 Å². The molecule has 1 amide bonds. The lowest BCUT2D eigenvalue weighted by Crippen LogP contribution is -2.42. The maximum atomic E-state index is 11.8. The Hall–Kier alpha value is -0.770. The highest BCUT2D eigenvalue weighted by Crippen LogP contribution is 2.37. The Morgan fingerprint density at radius 1 is 1.50 bits per heavy atom. The van der Waals surface area contributed by atoms with Gasteiger partial charge in [0, 0.05) is 18.6 Å². The van der Waals surface area contributed by atoms with Gasteiger partial charge in [-0.3, -0.25) is 0 Å². The summed E-state index contributed by atoms with van der Waals surface area (Å²) in [4.78, 5) is 13.4. The van der Waals surface area contributed by atoms with Crippen LogP contribution in [0.3, 0.4) is 0 Å². The highest BCUT2D eigenvalue weighted by Gasteiger charge is 2.40. The zero-order valence-corrected chi connectivity index (χ0v) is 11.0. The summed E-state index contributed by atoms with van der Waals surface area (Å²) in [5, 5.41) is 0. The quantitative estimate of drug-likeness (QED) is 0.805. The molecule has 1 fully saturated rings. The van der Waals surface area contributed by atoms with Gasteiger partial charge in [-0.05, 0) is 47.0 Å². The Labute approximate surface area is 98.1 Å². The van der Waals surface area contributed by atoms with E-state index in [9.17, 15) is 4.79 Å². The van der Waals surface area contributed by atoms with E-state index in [1.54, 1.807) is 11.9 Å². The van der Waals surface area contributed by atoms with Crippen molar-refractivity contribution in [2.45, 2.75) is 64.1 Å². The van der Waals surface area contributed by atoms with Gasteiger partial charge in [0.25, 0.3) is 0 Å². The van der Waals surface area contributed by atoms with Crippen LogP contribution in [0, 0.1) is 0 Å². The molecule has 0 aromatic carbocycles. The number of hydrogen-bond donors (Lipinski definition) is 1. The molecule has 16 heavy (non-hydrogen) atoms. The highest BCUT2D eigenvalue weighted by atomic mass is 16.6. The smallest absolute Gasteiger partial charge is 0.410 e. The van der Waals surface area contributed by atoms with Crippen LogP contribution in [0.4, 0.5) is 4.79 Å². The lowest BCUT2D eigenvalue weighted by atomic mass is 10.1. The second kappa shape index (κ2) is 4.24. The molecule has 1 aliphatic rings. The summed E-state index contributed by atoms with van der Waals surface area (Å²) in [5.41, 5.74) is 5.56. The number of rotatable bonds is 3. The van der Waals surface area contributed by atoms with Crippen molar-refractivity contribution in [2.24, 2.45) is 5.73 Å². The zero-order chi connectivity index (χ0) is 12.6. The molecule has 0 spiro atoms. The predicted molar refractivity (Wildman–Crippen MR) is 64.2 cm³/mol. The Morgan fingerprint density at radius 3 is 2.38 bits per heavy atom. The van der Waals surface area contributed by atoms with Gasteiger partial charge in [0.15, 0.2) is 0 Å². The van der Waals surface area contributed by atoms with Crippen molar-refractivity contribution in [2.75, 3.05) is 7.05 Å². The SMILES string of the molecule is CC(CC1(N)CC1)N(C)C(=O)OC(C)(C)C. The molecule has 0 aromatic heterocycles. The van der Waals surface area contributed by atoms with Crippen LogP contribution in [0.1, 0.15) is 47.0 Å². The van der Waals surface area contributed by atoms with Gasteiger partial charge in [0.2, 0.25) is 0 Å². The molecule has 0 heterocycles. The number of ether oxygens (including phenoxy) is 1. The van der Waals surface area contributed by atoms with Crippen molar-refractivity contribution in [1.29, 1.82) is 0 Å². The molecule has 0 aromatic rings. The summed E-state index contributed by atoms with van der Waals surface area (Å²) in [6.07, 6.45) is 2.71. The van der Waals surface area contributed by atoms with Gasteiger partial charge in [-0.25, -0.2) is 4.79 Å². The van der Waals surface area contributed by atoms with Crippen LogP contribution in [0.5, 0.6) is 0 Å². The largest absolute Gasteiger partial charge is 0.444 e. The van der Waals surface area contributed by atoms with Gasteiger partial charge >= 0.3 is 6.09 Å². The number of amides is 1. The van der Waals surface area contributed by atoms with Gasteiger partial charge in [0.1, 0.15) is 5.60 Å². The molecule has 1 atom stereocenters. The maximum Gasteiger partial charge on any atom is 0.410 e. The molecule has 0 aliphatic heterocycles. The Bertz CT molecular complexity index is 267. The minimum Gasteiger partial charge on any atom is -0.444 e. The van der Waals surface area contributed by atoms with Crippen LogP contribution in [-0.4, -0.2) is 35.2 Å². The van der Waals surface area contributed by atoms with Crippen molar-refractivity contribution < 1.29 is 9.53 Å². The molecule has 1 unspecified atom stereocenters. The summed E-state index contributed by atoms with van der Waals surface area (Å²) in [7, 11) is 1.77. The van der Waals surface area contributed by atoms with Crippen LogP contribution < -0.4 is 5.73 Å². The number of carbonyl (C=O) groups excluding carboxylic acids is 1. The number of carbonyl (C=O) groups is 1. The fraction of sp³-hybridized carbons (Fsp3) is 0.917. The average Bonchev–Trinajstić information content (AvgIpc) is 2.78. The molecule has 1 saturated carbocycles. The average molecular weight is 228 g/mol. The van der Waals surface area contributed by atoms with E-state index in [-0.39, 0.29) is 17.7 Å². The van der Waals surface area contributed by atoms with Gasteiger partial charge in [-0.15, -0.1) is 0 Å². The first kappa shape index (κ1) is 13.3. The monoisotopic (exact) mass is 228 g/mol. The lowest BCUT2D eigenvalue weighted by molar-refractivity contribution is 0.0223. The second-order valence-corrected chi connectivity index (χ2v) is 6.01. The third kappa shape index (κ3) is 4.00. The maximum absolute atomic E-state index is 11.8. The highest BCUT2D eigenvalue weighted by molar-refractivity contribution is 5.68. The first-order valence-corrected chi connectivity index (χ1v) is 5.88. The fourth-order valence-electron chi connectivity index (χ4n) is 1.60. The normalized spacial score (nSPS) is 20.1. The Morgan fingerprint density at radius 2 is 2.00 bits per heavy atom. The first-order chi connectivity index (χ1) is 7.13. The van der Waals surface area contributed by atoms with E-state index < -0.39 is 5.60 Å². The number of nitrogens with zero attached hydrogens (tertiary/aromatic N) is 1. The summed E-state index contributed by atoms with van der Waals surface area (Å²) in [6.45, 7) is 7.62. The molecule has 0 radical (unpaired) electrons. The van der Waals surface area contributed by atoms with Crippen molar-refractivity contribution in [1.82, 2.24) is 4.90 Å². The molecule has 4 nitrogen and oxygen atoms in total. The van der Waals surface area contributed by atoms with Crippen molar-refractivity contribution in [3.63, 3.8) is 0 Å². The van der Waals surface area contributed by atoms with Gasteiger partial charge in [0.05, 0.1) is 0 Å². The minimum atomic E-state index is -0.439. The van der Waals surface area contributed by atoms with E-state index in [1.807, 2.05) is 27.7 Å². The summed E-state index contributed by atoms with van der Waals surface area (Å²) in [6, 6.07) is 0.127. The molecule has 0 saturated heterocycles. The van der Waals surface area contributed by atoms with Crippen LogP contribution in [0.25, 0.3) is 0 Å². The third-order valence-electron chi connectivity index (χ3n) is 2.94. The predicted octanol–water partition coefficient (Wildman–Crippen LogP) is 2.12. The van der Waals surface area contributed by atoms with E-state index in [0.29, 0.717) is 0 Å². The first-order valence-electron chi connectivity index (χ1n) is 5.88. The number of hydrogen-bond acceptors (Lipinski definition) is 3. The Balaban J connectivity index is 2.43. The third-order valence-corrected chi connectivity index (χ3v) is 2.94. The van der Waals surface area contributed by atoms with Gasteiger partial charge in [-0.1, -0.05) is 0 Å². The van der Waals surface area contributed by atoms with Crippen LogP contribution in [0.15, 0.2) is 0 Å². The van der Waals surface area contributed by atoms with E-state index in [2.05, 4.69) is 0 Å². The second-order valence-electron chi connectivity index (χ2n) is 6.01. The molecular formula is C12H24N2O2. The molecule has 1 rings (SSSR count). The van der Waals surface area contributed by atoms with Crippen molar-refractivity contribution in [3.05, 3.63) is 0 Å². The van der Waals surface area contributed by atoms with Crippen molar-refractivity contribution in [3.8, 4) is 0 Å². The van der Waals surface area contributed by atoms with E-state index >= 15 is 0 Å². The van der Waals surface area contributed by atoms with Crippen LogP contribution in [-0.2, 0) is 4.74 Å². The molecule has 0 bridgehead atoms. The molecular weight excluding hydrogens is 204 g/mol. The van der Waals surface area contributed by atoms with E-state index in [0.717, 1.165) is 19.3 Å². The van der Waals surface area contributed by atoms with Crippen molar-refractivity contribution >= 4 is 6.09 Å². The number of nitrogens with two attached hydrogens (primary N) is 1. The standard InChI is InChI=1S/C12H24N2O2/c1-9(8-12(13)6-7-12)14(5)10(15)16-11(2,3)4/h9H,6-8,13H2,1-5H3. The van der Waals surface area contributed by atoms with E-state index in [4.69, 9.17) is 10.5 Å². The summed E-state index contributed by atoms with van der Waals surface area (Å²) >= 11 is 0. The molecule has 4 heteroatoms. The van der Waals surface area contributed by atoms with Gasteiger partial charge < -0.3 is 15.4 Å². The lowest BCUT2D eigenvalue weighted by Gasteiger charge is -2.30. The molecule has 94 valence electrons. The topological polar surface area (TPSA) is 55.6 Å². The molecule has 1 aliphatic carbocycles. The molecule has 2 N–H and O–H groups in total. The summed E-state index contributed by atoms with van der Waals surface area (Å²) in [5.74, 6) is 0. The summed E-state index contributed by atoms with van der Waals surface area (Å²) < 4.78 is 5.30.